The molecule has 1 saturated heterocycles. The minimum Gasteiger partial charge on any atom is -0.461 e. The highest BCUT2D eigenvalue weighted by Gasteiger charge is 2.16. The first-order chi connectivity index (χ1) is 9.17. The molecule has 0 aliphatic carbocycles. The Kier molecular flexibility index (Phi) is 4.73. The van der Waals surface area contributed by atoms with Crippen molar-refractivity contribution in [3.8, 4) is 6.01 Å². The van der Waals surface area contributed by atoms with Crippen LogP contribution in [-0.4, -0.2) is 47.4 Å². The third-order valence-electron chi connectivity index (χ3n) is 2.73. The van der Waals surface area contributed by atoms with Gasteiger partial charge in [0.1, 0.15) is 0 Å². The second-order valence-electron chi connectivity index (χ2n) is 4.71. The van der Waals surface area contributed by atoms with E-state index in [1.807, 2.05) is 13.8 Å². The molecule has 19 heavy (non-hydrogen) atoms. The van der Waals surface area contributed by atoms with Crippen molar-refractivity contribution in [1.82, 2.24) is 15.0 Å². The van der Waals surface area contributed by atoms with Crippen LogP contribution < -0.4 is 15.4 Å². The molecule has 2 N–H and O–H groups in total. The van der Waals surface area contributed by atoms with Crippen LogP contribution in [0.4, 0.5) is 11.9 Å². The van der Waals surface area contributed by atoms with Crippen LogP contribution >= 0.6 is 0 Å². The van der Waals surface area contributed by atoms with E-state index >= 15 is 0 Å². The fourth-order valence-corrected chi connectivity index (χ4v) is 1.82. The maximum atomic E-state index is 5.52. The molecule has 0 atom stereocenters. The molecule has 1 fully saturated rings. The SMILES string of the molecule is CNc1nc(NC2CCOCC2)nc(OC(C)C)n1. The Hall–Kier alpha value is -1.63. The van der Waals surface area contributed by atoms with Crippen molar-refractivity contribution < 1.29 is 9.47 Å². The number of ether oxygens (including phenoxy) is 2. The number of hydrogen-bond donors (Lipinski definition) is 2. The minimum absolute atomic E-state index is 0.0306. The molecule has 7 nitrogen and oxygen atoms in total. The Balaban J connectivity index is 2.09. The van der Waals surface area contributed by atoms with Gasteiger partial charge in [-0.2, -0.15) is 15.0 Å². The molecular weight excluding hydrogens is 246 g/mol. The molecule has 106 valence electrons. The summed E-state index contributed by atoms with van der Waals surface area (Å²) >= 11 is 0. The Morgan fingerprint density at radius 1 is 1.16 bits per heavy atom. The number of nitrogens with one attached hydrogen (secondary N) is 2. The molecular formula is C12H21N5O2. The van der Waals surface area contributed by atoms with Gasteiger partial charge in [-0.15, -0.1) is 0 Å². The van der Waals surface area contributed by atoms with Gasteiger partial charge in [-0.25, -0.2) is 0 Å². The minimum atomic E-state index is 0.0306. The number of hydrogen-bond acceptors (Lipinski definition) is 7. The average molecular weight is 267 g/mol. The number of nitrogens with zero attached hydrogens (tertiary/aromatic N) is 3. The lowest BCUT2D eigenvalue weighted by atomic mass is 10.1. The Morgan fingerprint density at radius 3 is 2.47 bits per heavy atom. The van der Waals surface area contributed by atoms with Gasteiger partial charge >= 0.3 is 6.01 Å². The highest BCUT2D eigenvalue weighted by molar-refractivity contribution is 5.36. The Labute approximate surface area is 113 Å². The first kappa shape index (κ1) is 13.8. The third kappa shape index (κ3) is 4.20. The fraction of sp³-hybridized carbons (Fsp3) is 0.750. The van der Waals surface area contributed by atoms with E-state index in [2.05, 4.69) is 25.6 Å². The largest absolute Gasteiger partial charge is 0.461 e. The summed E-state index contributed by atoms with van der Waals surface area (Å²) in [6, 6.07) is 0.677. The van der Waals surface area contributed by atoms with E-state index in [1.54, 1.807) is 7.05 Å². The molecule has 1 aromatic rings. The van der Waals surface area contributed by atoms with E-state index in [0.717, 1.165) is 26.1 Å². The molecule has 1 aliphatic rings. The van der Waals surface area contributed by atoms with E-state index < -0.39 is 0 Å². The molecule has 0 saturated carbocycles. The van der Waals surface area contributed by atoms with E-state index in [-0.39, 0.29) is 6.10 Å². The van der Waals surface area contributed by atoms with E-state index in [0.29, 0.717) is 23.9 Å². The molecule has 0 aromatic carbocycles. The summed E-state index contributed by atoms with van der Waals surface area (Å²) in [6.45, 7) is 5.43. The van der Waals surface area contributed by atoms with Crippen molar-refractivity contribution in [2.24, 2.45) is 0 Å². The topological polar surface area (TPSA) is 81.2 Å². The van der Waals surface area contributed by atoms with Gasteiger partial charge < -0.3 is 20.1 Å². The first-order valence-corrected chi connectivity index (χ1v) is 6.62. The summed E-state index contributed by atoms with van der Waals surface area (Å²) in [5, 5.41) is 6.22. The predicted molar refractivity (Wildman–Crippen MR) is 72.6 cm³/mol. The summed E-state index contributed by atoms with van der Waals surface area (Å²) in [7, 11) is 1.77. The quantitative estimate of drug-likeness (QED) is 0.832. The smallest absolute Gasteiger partial charge is 0.323 e. The van der Waals surface area contributed by atoms with Crippen LogP contribution in [0.25, 0.3) is 0 Å². The average Bonchev–Trinajstić information content (AvgIpc) is 2.38. The summed E-state index contributed by atoms with van der Waals surface area (Å²) in [5.74, 6) is 1.04. The van der Waals surface area contributed by atoms with Crippen LogP contribution in [0.5, 0.6) is 6.01 Å². The van der Waals surface area contributed by atoms with Gasteiger partial charge in [0.05, 0.1) is 6.10 Å². The van der Waals surface area contributed by atoms with Crippen LogP contribution in [0.3, 0.4) is 0 Å². The van der Waals surface area contributed by atoms with Crippen molar-refractivity contribution in [3.05, 3.63) is 0 Å². The second-order valence-corrected chi connectivity index (χ2v) is 4.71. The summed E-state index contributed by atoms with van der Waals surface area (Å²) < 4.78 is 10.8. The first-order valence-electron chi connectivity index (χ1n) is 6.62. The Morgan fingerprint density at radius 2 is 1.84 bits per heavy atom. The zero-order chi connectivity index (χ0) is 13.7. The zero-order valence-electron chi connectivity index (χ0n) is 11.6. The fourth-order valence-electron chi connectivity index (χ4n) is 1.82. The van der Waals surface area contributed by atoms with Gasteiger partial charge in [0, 0.05) is 26.3 Å². The second kappa shape index (κ2) is 6.51. The lowest BCUT2D eigenvalue weighted by Gasteiger charge is -2.23. The van der Waals surface area contributed by atoms with Gasteiger partial charge in [0.25, 0.3) is 0 Å². The summed E-state index contributed by atoms with van der Waals surface area (Å²) in [5.41, 5.74) is 0. The standard InChI is InChI=1S/C12H21N5O2/c1-8(2)19-12-16-10(13-3)15-11(17-12)14-9-4-6-18-7-5-9/h8-9H,4-7H2,1-3H3,(H2,13,14,15,16,17). The summed E-state index contributed by atoms with van der Waals surface area (Å²) in [4.78, 5) is 12.7. The van der Waals surface area contributed by atoms with Crippen molar-refractivity contribution in [2.45, 2.75) is 38.8 Å². The molecule has 1 aliphatic heterocycles. The maximum absolute atomic E-state index is 5.52. The van der Waals surface area contributed by atoms with E-state index in [1.165, 1.54) is 0 Å². The molecule has 2 heterocycles. The monoisotopic (exact) mass is 267 g/mol. The number of rotatable bonds is 5. The van der Waals surface area contributed by atoms with Gasteiger partial charge in [-0.05, 0) is 26.7 Å². The van der Waals surface area contributed by atoms with Crippen LogP contribution in [0.15, 0.2) is 0 Å². The Bertz CT molecular complexity index is 407. The predicted octanol–water partition coefficient (Wildman–Crippen LogP) is 1.29. The van der Waals surface area contributed by atoms with Crippen LogP contribution in [0.2, 0.25) is 0 Å². The molecule has 0 radical (unpaired) electrons. The van der Waals surface area contributed by atoms with Gasteiger partial charge in [0.2, 0.25) is 11.9 Å². The van der Waals surface area contributed by atoms with Crippen LogP contribution in [0.1, 0.15) is 26.7 Å². The van der Waals surface area contributed by atoms with Gasteiger partial charge in [0.15, 0.2) is 0 Å². The van der Waals surface area contributed by atoms with Gasteiger partial charge in [-0.1, -0.05) is 0 Å². The lowest BCUT2D eigenvalue weighted by Crippen LogP contribution is -2.29. The maximum Gasteiger partial charge on any atom is 0.323 e. The molecule has 7 heteroatoms. The normalized spacial score (nSPS) is 16.4. The summed E-state index contributed by atoms with van der Waals surface area (Å²) in [6.07, 6.45) is 1.95. The van der Waals surface area contributed by atoms with Crippen molar-refractivity contribution in [2.75, 3.05) is 30.9 Å². The van der Waals surface area contributed by atoms with Crippen molar-refractivity contribution in [1.29, 1.82) is 0 Å². The molecule has 0 amide bonds. The third-order valence-corrected chi connectivity index (χ3v) is 2.73. The van der Waals surface area contributed by atoms with Crippen LogP contribution in [0, 0.1) is 0 Å². The van der Waals surface area contributed by atoms with E-state index in [4.69, 9.17) is 9.47 Å². The van der Waals surface area contributed by atoms with Crippen LogP contribution in [-0.2, 0) is 4.74 Å². The molecule has 0 spiro atoms. The van der Waals surface area contributed by atoms with Crippen molar-refractivity contribution >= 4 is 11.9 Å². The highest BCUT2D eigenvalue weighted by atomic mass is 16.5. The number of anilines is 2. The molecule has 0 unspecified atom stereocenters. The molecule has 1 aromatic heterocycles. The molecule has 0 bridgehead atoms. The highest BCUT2D eigenvalue weighted by Crippen LogP contribution is 2.16. The number of aromatic nitrogens is 3. The lowest BCUT2D eigenvalue weighted by molar-refractivity contribution is 0.0903. The van der Waals surface area contributed by atoms with E-state index in [9.17, 15) is 0 Å². The van der Waals surface area contributed by atoms with Crippen molar-refractivity contribution in [3.63, 3.8) is 0 Å². The molecule has 2 rings (SSSR count). The van der Waals surface area contributed by atoms with Gasteiger partial charge in [-0.3, -0.25) is 0 Å². The zero-order valence-corrected chi connectivity index (χ0v) is 11.6.